The van der Waals surface area contributed by atoms with Gasteiger partial charge >= 0.3 is 0 Å². The van der Waals surface area contributed by atoms with E-state index in [2.05, 4.69) is 46.5 Å². The molecule has 3 rings (SSSR count). The molecule has 0 aliphatic rings. The highest BCUT2D eigenvalue weighted by atomic mass is 32.2. The summed E-state index contributed by atoms with van der Waals surface area (Å²) in [6, 6.07) is 15.2. The first-order valence-electron chi connectivity index (χ1n) is 8.64. The molecule has 0 saturated carbocycles. The molecule has 0 atom stereocenters. The number of rotatable bonds is 7. The van der Waals surface area contributed by atoms with E-state index < -0.39 is 0 Å². The zero-order chi connectivity index (χ0) is 19.2. The van der Waals surface area contributed by atoms with Gasteiger partial charge < -0.3 is 10.1 Å². The molecule has 0 aliphatic heterocycles. The Morgan fingerprint density at radius 3 is 2.37 bits per heavy atom. The van der Waals surface area contributed by atoms with Crippen molar-refractivity contribution >= 4 is 23.4 Å². The average molecular weight is 382 g/mol. The molecule has 7 heteroatoms. The number of nitrogens with zero attached hydrogens (tertiary/aromatic N) is 2. The van der Waals surface area contributed by atoms with Crippen LogP contribution in [0.2, 0.25) is 0 Å². The number of H-pyrrole nitrogens is 1. The molecule has 0 unspecified atom stereocenters. The van der Waals surface area contributed by atoms with Crippen molar-refractivity contribution in [2.24, 2.45) is 0 Å². The second-order valence-electron chi connectivity index (χ2n) is 6.26. The maximum atomic E-state index is 12.4. The molecule has 0 radical (unpaired) electrons. The third kappa shape index (κ3) is 5.10. The largest absolute Gasteiger partial charge is 0.497 e. The Morgan fingerprint density at radius 1 is 1.07 bits per heavy atom. The first kappa shape index (κ1) is 19.0. The van der Waals surface area contributed by atoms with Gasteiger partial charge in [0.2, 0.25) is 5.95 Å². The molecule has 0 aliphatic carbocycles. The van der Waals surface area contributed by atoms with E-state index in [1.54, 1.807) is 31.4 Å². The minimum absolute atomic E-state index is 0.268. The van der Waals surface area contributed by atoms with Crippen LogP contribution in [0.15, 0.2) is 53.3 Å². The molecule has 3 aromatic rings. The Labute approximate surface area is 162 Å². The summed E-state index contributed by atoms with van der Waals surface area (Å²) in [5, 5.41) is 11.8. The summed E-state index contributed by atoms with van der Waals surface area (Å²) >= 11 is 1.90. The van der Waals surface area contributed by atoms with E-state index in [0.29, 0.717) is 16.8 Å². The molecule has 0 amide bonds. The molecular formula is C20H22N4O2S. The lowest BCUT2D eigenvalue weighted by Gasteiger charge is -2.08. The predicted octanol–water partition coefficient (Wildman–Crippen LogP) is 4.23. The number of ether oxygens (including phenoxy) is 1. The van der Waals surface area contributed by atoms with Crippen molar-refractivity contribution in [3.63, 3.8) is 0 Å². The molecule has 140 valence electrons. The van der Waals surface area contributed by atoms with Crippen molar-refractivity contribution in [3.05, 3.63) is 64.4 Å². The number of nitrogens with one attached hydrogen (secondary N) is 2. The molecular weight excluding hydrogens is 360 g/mol. The maximum absolute atomic E-state index is 12.4. The highest BCUT2D eigenvalue weighted by Crippen LogP contribution is 2.20. The Morgan fingerprint density at radius 2 is 1.78 bits per heavy atom. The van der Waals surface area contributed by atoms with E-state index in [-0.39, 0.29) is 11.3 Å². The lowest BCUT2D eigenvalue weighted by molar-refractivity contribution is 0.415. The second-order valence-corrected chi connectivity index (χ2v) is 7.83. The number of anilines is 2. The van der Waals surface area contributed by atoms with Crippen LogP contribution in [0.3, 0.4) is 0 Å². The standard InChI is InChI=1S/C20H22N4O2S/c1-13(2)27-12-14-4-8-16(9-5-14)21-20-22-19(25)18(23-24-20)15-6-10-17(26-3)11-7-15/h4-11,13H,12H2,1-3H3,(H2,21,22,24,25). The number of hydrogen-bond donors (Lipinski definition) is 2. The molecule has 0 fully saturated rings. The molecule has 6 nitrogen and oxygen atoms in total. The minimum Gasteiger partial charge on any atom is -0.497 e. The van der Waals surface area contributed by atoms with Crippen molar-refractivity contribution in [2.75, 3.05) is 12.4 Å². The van der Waals surface area contributed by atoms with Crippen LogP contribution in [-0.2, 0) is 5.75 Å². The second kappa shape index (κ2) is 8.73. The summed E-state index contributed by atoms with van der Waals surface area (Å²) in [6.45, 7) is 4.37. The minimum atomic E-state index is -0.303. The van der Waals surface area contributed by atoms with E-state index in [9.17, 15) is 4.79 Å². The molecule has 1 heterocycles. The molecule has 27 heavy (non-hydrogen) atoms. The molecule has 2 N–H and O–H groups in total. The van der Waals surface area contributed by atoms with Crippen LogP contribution in [0.4, 0.5) is 11.6 Å². The number of hydrogen-bond acceptors (Lipinski definition) is 6. The van der Waals surface area contributed by atoms with Gasteiger partial charge in [-0.25, -0.2) is 0 Å². The SMILES string of the molecule is COc1ccc(-c2nnc(Nc3ccc(CSC(C)C)cc3)[nH]c2=O)cc1. The topological polar surface area (TPSA) is 79.9 Å². The van der Waals surface area contributed by atoms with Crippen LogP contribution in [0.5, 0.6) is 5.75 Å². The normalized spacial score (nSPS) is 10.8. The monoisotopic (exact) mass is 382 g/mol. The smallest absolute Gasteiger partial charge is 0.279 e. The predicted molar refractivity (Wildman–Crippen MR) is 111 cm³/mol. The fourth-order valence-electron chi connectivity index (χ4n) is 2.42. The summed E-state index contributed by atoms with van der Waals surface area (Å²) in [5.74, 6) is 2.00. The van der Waals surface area contributed by atoms with Crippen LogP contribution >= 0.6 is 11.8 Å². The van der Waals surface area contributed by atoms with Crippen molar-refractivity contribution in [3.8, 4) is 17.0 Å². The van der Waals surface area contributed by atoms with Crippen molar-refractivity contribution in [1.82, 2.24) is 15.2 Å². The average Bonchev–Trinajstić information content (AvgIpc) is 2.68. The zero-order valence-corrected chi connectivity index (χ0v) is 16.3. The quantitative estimate of drug-likeness (QED) is 0.637. The van der Waals surface area contributed by atoms with Crippen LogP contribution in [0.1, 0.15) is 19.4 Å². The Hall–Kier alpha value is -2.80. The number of aromatic nitrogens is 3. The molecule has 0 saturated heterocycles. The fraction of sp³-hybridized carbons (Fsp3) is 0.250. The van der Waals surface area contributed by atoms with Crippen LogP contribution < -0.4 is 15.6 Å². The number of methoxy groups -OCH3 is 1. The maximum Gasteiger partial charge on any atom is 0.279 e. The van der Waals surface area contributed by atoms with E-state index in [1.807, 2.05) is 23.9 Å². The van der Waals surface area contributed by atoms with Gasteiger partial charge in [-0.05, 0) is 47.2 Å². The zero-order valence-electron chi connectivity index (χ0n) is 15.5. The fourth-order valence-corrected chi connectivity index (χ4v) is 3.13. The molecule has 0 spiro atoms. The van der Waals surface area contributed by atoms with Gasteiger partial charge in [-0.2, -0.15) is 11.8 Å². The summed E-state index contributed by atoms with van der Waals surface area (Å²) in [6.07, 6.45) is 0. The van der Waals surface area contributed by atoms with Gasteiger partial charge in [0.25, 0.3) is 5.56 Å². The highest BCUT2D eigenvalue weighted by molar-refractivity contribution is 7.99. The molecule has 0 bridgehead atoms. The van der Waals surface area contributed by atoms with Gasteiger partial charge in [0.05, 0.1) is 7.11 Å². The summed E-state index contributed by atoms with van der Waals surface area (Å²) in [5.41, 5.74) is 2.75. The summed E-state index contributed by atoms with van der Waals surface area (Å²) in [7, 11) is 1.60. The first-order valence-corrected chi connectivity index (χ1v) is 9.69. The number of aromatic amines is 1. The van der Waals surface area contributed by atoms with Crippen molar-refractivity contribution in [1.29, 1.82) is 0 Å². The van der Waals surface area contributed by atoms with E-state index in [0.717, 1.165) is 17.2 Å². The molecule has 2 aromatic carbocycles. The van der Waals surface area contributed by atoms with E-state index in [4.69, 9.17) is 4.74 Å². The lowest BCUT2D eigenvalue weighted by Crippen LogP contribution is -2.15. The van der Waals surface area contributed by atoms with Crippen LogP contribution in [0, 0.1) is 0 Å². The Bertz CT molecular complexity index is 937. The van der Waals surface area contributed by atoms with Crippen LogP contribution in [0.25, 0.3) is 11.3 Å². The summed E-state index contributed by atoms with van der Waals surface area (Å²) < 4.78 is 5.12. The van der Waals surface area contributed by atoms with Gasteiger partial charge in [-0.15, -0.1) is 10.2 Å². The Balaban J connectivity index is 1.71. The number of benzene rings is 2. The van der Waals surface area contributed by atoms with Crippen molar-refractivity contribution in [2.45, 2.75) is 24.9 Å². The summed E-state index contributed by atoms with van der Waals surface area (Å²) in [4.78, 5) is 15.1. The van der Waals surface area contributed by atoms with Gasteiger partial charge in [-0.1, -0.05) is 26.0 Å². The van der Waals surface area contributed by atoms with Gasteiger partial charge in [0.15, 0.2) is 5.69 Å². The third-order valence-corrected chi connectivity index (χ3v) is 5.03. The van der Waals surface area contributed by atoms with Crippen LogP contribution in [-0.4, -0.2) is 27.5 Å². The first-order chi connectivity index (χ1) is 13.0. The lowest BCUT2D eigenvalue weighted by atomic mass is 10.1. The third-order valence-electron chi connectivity index (χ3n) is 3.86. The Kier molecular flexibility index (Phi) is 6.13. The highest BCUT2D eigenvalue weighted by Gasteiger charge is 2.08. The van der Waals surface area contributed by atoms with Gasteiger partial charge in [0, 0.05) is 17.0 Å². The number of thioether (sulfide) groups is 1. The van der Waals surface area contributed by atoms with Crippen molar-refractivity contribution < 1.29 is 4.74 Å². The van der Waals surface area contributed by atoms with E-state index in [1.165, 1.54) is 5.56 Å². The van der Waals surface area contributed by atoms with E-state index >= 15 is 0 Å². The van der Waals surface area contributed by atoms with Gasteiger partial charge in [0.1, 0.15) is 5.75 Å². The molecule has 1 aromatic heterocycles. The van der Waals surface area contributed by atoms with Gasteiger partial charge in [-0.3, -0.25) is 9.78 Å².